The summed E-state index contributed by atoms with van der Waals surface area (Å²) >= 11 is 5.87. The summed E-state index contributed by atoms with van der Waals surface area (Å²) in [5.74, 6) is 0.883. The fourth-order valence-corrected chi connectivity index (χ4v) is 4.45. The molecule has 3 aromatic rings. The number of hydrogen-bond donors (Lipinski definition) is 1. The number of nitrogens with one attached hydrogen (secondary N) is 1. The van der Waals surface area contributed by atoms with Crippen LogP contribution in [0.25, 0.3) is 0 Å². The lowest BCUT2D eigenvalue weighted by Crippen LogP contribution is -2.56. The van der Waals surface area contributed by atoms with Crippen LogP contribution in [0.5, 0.6) is 5.75 Å². The van der Waals surface area contributed by atoms with E-state index in [4.69, 9.17) is 17.0 Å². The first-order valence-electron chi connectivity index (χ1n) is 10.7. The summed E-state index contributed by atoms with van der Waals surface area (Å²) in [6.07, 6.45) is 0. The van der Waals surface area contributed by atoms with Gasteiger partial charge in [0.15, 0.2) is 5.11 Å². The average molecular weight is 432 g/mol. The number of piperazine rings is 1. The number of benzene rings is 3. The Morgan fingerprint density at radius 3 is 2.00 bits per heavy atom. The van der Waals surface area contributed by atoms with Crippen molar-refractivity contribution in [2.75, 3.05) is 31.6 Å². The maximum atomic E-state index is 5.87. The van der Waals surface area contributed by atoms with Gasteiger partial charge in [-0.15, -0.1) is 0 Å². The predicted molar refractivity (Wildman–Crippen MR) is 132 cm³/mol. The van der Waals surface area contributed by atoms with Crippen molar-refractivity contribution in [2.24, 2.45) is 0 Å². The molecule has 0 aliphatic carbocycles. The normalized spacial score (nSPS) is 16.3. The molecule has 0 saturated carbocycles. The molecular weight excluding hydrogens is 402 g/mol. The first-order chi connectivity index (χ1) is 15.2. The van der Waals surface area contributed by atoms with Gasteiger partial charge in [-0.1, -0.05) is 60.7 Å². The highest BCUT2D eigenvalue weighted by Crippen LogP contribution is 2.25. The minimum Gasteiger partial charge on any atom is -0.497 e. The van der Waals surface area contributed by atoms with Crippen LogP contribution < -0.4 is 15.0 Å². The van der Waals surface area contributed by atoms with E-state index in [2.05, 4.69) is 82.7 Å². The van der Waals surface area contributed by atoms with Crippen molar-refractivity contribution in [3.05, 3.63) is 96.1 Å². The SMILES string of the molecule is COc1ccc(N2CCN(C(=S)NC(c3ccccc3)c3ccccc3)CC2C)cc1. The summed E-state index contributed by atoms with van der Waals surface area (Å²) in [7, 11) is 1.70. The van der Waals surface area contributed by atoms with E-state index in [-0.39, 0.29) is 6.04 Å². The maximum Gasteiger partial charge on any atom is 0.169 e. The minimum atomic E-state index is 0.0322. The Balaban J connectivity index is 1.45. The van der Waals surface area contributed by atoms with Crippen LogP contribution in [-0.2, 0) is 0 Å². The van der Waals surface area contributed by atoms with Gasteiger partial charge >= 0.3 is 0 Å². The van der Waals surface area contributed by atoms with Crippen molar-refractivity contribution >= 4 is 23.0 Å². The molecule has 4 rings (SSSR count). The molecule has 0 amide bonds. The van der Waals surface area contributed by atoms with Crippen LogP contribution in [0, 0.1) is 0 Å². The summed E-state index contributed by atoms with van der Waals surface area (Å²) < 4.78 is 5.29. The molecule has 1 heterocycles. The fourth-order valence-electron chi connectivity index (χ4n) is 4.16. The highest BCUT2D eigenvalue weighted by Gasteiger charge is 2.27. The van der Waals surface area contributed by atoms with Crippen molar-refractivity contribution in [1.29, 1.82) is 0 Å². The van der Waals surface area contributed by atoms with E-state index < -0.39 is 0 Å². The van der Waals surface area contributed by atoms with E-state index in [1.807, 2.05) is 24.3 Å². The number of nitrogens with zero attached hydrogens (tertiary/aromatic N) is 2. The molecule has 1 aliphatic rings. The molecule has 1 saturated heterocycles. The van der Waals surface area contributed by atoms with Gasteiger partial charge in [-0.05, 0) is 54.5 Å². The van der Waals surface area contributed by atoms with Crippen LogP contribution in [0.15, 0.2) is 84.9 Å². The third-order valence-electron chi connectivity index (χ3n) is 5.85. The second-order valence-electron chi connectivity index (χ2n) is 7.89. The number of rotatable bonds is 5. The second kappa shape index (κ2) is 9.84. The number of methoxy groups -OCH3 is 1. The van der Waals surface area contributed by atoms with Gasteiger partial charge in [-0.2, -0.15) is 0 Å². The van der Waals surface area contributed by atoms with E-state index in [0.717, 1.165) is 30.5 Å². The molecule has 0 spiro atoms. The van der Waals surface area contributed by atoms with Gasteiger partial charge in [0.2, 0.25) is 0 Å². The largest absolute Gasteiger partial charge is 0.497 e. The van der Waals surface area contributed by atoms with Gasteiger partial charge in [-0.3, -0.25) is 0 Å². The average Bonchev–Trinajstić information content (AvgIpc) is 2.83. The lowest BCUT2D eigenvalue weighted by molar-refractivity contribution is 0.332. The Labute approximate surface area is 190 Å². The molecule has 4 nitrogen and oxygen atoms in total. The van der Waals surface area contributed by atoms with Crippen molar-refractivity contribution in [1.82, 2.24) is 10.2 Å². The number of thiocarbonyl (C=S) groups is 1. The maximum absolute atomic E-state index is 5.87. The van der Waals surface area contributed by atoms with E-state index >= 15 is 0 Å². The van der Waals surface area contributed by atoms with E-state index in [1.54, 1.807) is 7.11 Å². The van der Waals surface area contributed by atoms with Crippen molar-refractivity contribution < 1.29 is 4.74 Å². The van der Waals surface area contributed by atoms with Crippen LogP contribution in [0.2, 0.25) is 0 Å². The lowest BCUT2D eigenvalue weighted by atomic mass is 9.99. The Hall–Kier alpha value is -3.05. The number of ether oxygens (including phenoxy) is 1. The Kier molecular flexibility index (Phi) is 6.73. The molecule has 31 heavy (non-hydrogen) atoms. The molecule has 0 bridgehead atoms. The van der Waals surface area contributed by atoms with Crippen LogP contribution in [0.3, 0.4) is 0 Å². The van der Waals surface area contributed by atoms with Crippen LogP contribution in [0.1, 0.15) is 24.1 Å². The standard InChI is InChI=1S/C26H29N3OS/c1-20-19-28(17-18-29(20)23-13-15-24(30-2)16-14-23)26(31)27-25(21-9-5-3-6-10-21)22-11-7-4-8-12-22/h3-16,20,25H,17-19H2,1-2H3,(H,27,31). The molecule has 3 aromatic carbocycles. The van der Waals surface area contributed by atoms with Gasteiger partial charge in [0.25, 0.3) is 0 Å². The van der Waals surface area contributed by atoms with Gasteiger partial charge in [0.05, 0.1) is 13.2 Å². The molecule has 0 radical (unpaired) electrons. The quantitative estimate of drug-likeness (QED) is 0.582. The first kappa shape index (κ1) is 21.2. The van der Waals surface area contributed by atoms with Crippen molar-refractivity contribution in [3.63, 3.8) is 0 Å². The summed E-state index contributed by atoms with van der Waals surface area (Å²) in [6, 6.07) is 29.7. The molecule has 0 aromatic heterocycles. The highest BCUT2D eigenvalue weighted by atomic mass is 32.1. The molecule has 5 heteroatoms. The van der Waals surface area contributed by atoms with Crippen LogP contribution in [0.4, 0.5) is 5.69 Å². The van der Waals surface area contributed by atoms with E-state index in [9.17, 15) is 0 Å². The number of hydrogen-bond acceptors (Lipinski definition) is 3. The third kappa shape index (κ3) is 5.00. The molecule has 1 aliphatic heterocycles. The topological polar surface area (TPSA) is 27.7 Å². The Morgan fingerprint density at radius 2 is 1.48 bits per heavy atom. The monoisotopic (exact) mass is 431 g/mol. The van der Waals surface area contributed by atoms with Crippen molar-refractivity contribution in [3.8, 4) is 5.75 Å². The zero-order chi connectivity index (χ0) is 21.6. The molecule has 1 N–H and O–H groups in total. The zero-order valence-electron chi connectivity index (χ0n) is 18.1. The predicted octanol–water partition coefficient (Wildman–Crippen LogP) is 4.87. The number of anilines is 1. The Bertz CT molecular complexity index is 939. The molecular formula is C26H29N3OS. The first-order valence-corrected chi connectivity index (χ1v) is 11.1. The van der Waals surface area contributed by atoms with Gasteiger partial charge in [0.1, 0.15) is 5.75 Å². The molecule has 160 valence electrons. The van der Waals surface area contributed by atoms with E-state index in [0.29, 0.717) is 6.04 Å². The van der Waals surface area contributed by atoms with Gasteiger partial charge < -0.3 is 19.9 Å². The molecule has 1 fully saturated rings. The van der Waals surface area contributed by atoms with Gasteiger partial charge in [0, 0.05) is 31.4 Å². The summed E-state index contributed by atoms with van der Waals surface area (Å²) in [5.41, 5.74) is 3.64. The van der Waals surface area contributed by atoms with E-state index in [1.165, 1.54) is 16.8 Å². The minimum absolute atomic E-state index is 0.0322. The molecule has 1 unspecified atom stereocenters. The lowest BCUT2D eigenvalue weighted by Gasteiger charge is -2.43. The van der Waals surface area contributed by atoms with Crippen LogP contribution >= 0.6 is 12.2 Å². The summed E-state index contributed by atoms with van der Waals surface area (Å²) in [4.78, 5) is 4.73. The molecule has 1 atom stereocenters. The smallest absolute Gasteiger partial charge is 0.169 e. The summed E-state index contributed by atoms with van der Waals surface area (Å²) in [5, 5.41) is 4.44. The highest BCUT2D eigenvalue weighted by molar-refractivity contribution is 7.80. The fraction of sp³-hybridized carbons (Fsp3) is 0.269. The summed E-state index contributed by atoms with van der Waals surface area (Å²) in [6.45, 7) is 4.95. The van der Waals surface area contributed by atoms with Gasteiger partial charge in [-0.25, -0.2) is 0 Å². The van der Waals surface area contributed by atoms with Crippen LogP contribution in [-0.4, -0.2) is 42.8 Å². The van der Waals surface area contributed by atoms with Crippen molar-refractivity contribution in [2.45, 2.75) is 19.0 Å². The zero-order valence-corrected chi connectivity index (χ0v) is 18.9. The second-order valence-corrected chi connectivity index (χ2v) is 8.28. The third-order valence-corrected chi connectivity index (χ3v) is 6.23. The Morgan fingerprint density at radius 1 is 0.903 bits per heavy atom.